The predicted molar refractivity (Wildman–Crippen MR) is 128 cm³/mol. The zero-order valence-electron chi connectivity index (χ0n) is 19.7. The monoisotopic (exact) mass is 478 g/mol. The number of hydrogen-bond acceptors (Lipinski definition) is 5. The second-order valence-corrected chi connectivity index (χ2v) is 9.82. The molecule has 0 aromatic heterocycles. The average Bonchev–Trinajstić information content (AvgIpc) is 3.51. The standard InChI is InChI=1S/C27H30N2O6/c1-17(12-24(30)29-14-18-10-11-35-27(18,16-29)25(31)32)13-28-26(33)34-15-23-21-8-4-2-6-19(21)20-7-3-5-9-22(20)23/h2-9,17-18,23H,10-16H2,1H3,(H,28,33)(H,31,32). The average molecular weight is 479 g/mol. The van der Waals surface area contributed by atoms with Crippen molar-refractivity contribution in [3.63, 3.8) is 0 Å². The van der Waals surface area contributed by atoms with E-state index in [1.165, 1.54) is 11.1 Å². The lowest BCUT2D eigenvalue weighted by atomic mass is 9.91. The Labute approximate surface area is 204 Å². The lowest BCUT2D eigenvalue weighted by molar-refractivity contribution is -0.161. The van der Waals surface area contributed by atoms with Gasteiger partial charge in [0.15, 0.2) is 5.60 Å². The van der Waals surface area contributed by atoms with E-state index in [2.05, 4.69) is 29.6 Å². The van der Waals surface area contributed by atoms with E-state index in [0.29, 0.717) is 26.1 Å². The number of carbonyl (C=O) groups is 3. The fraction of sp³-hybridized carbons (Fsp3) is 0.444. The van der Waals surface area contributed by atoms with Crippen LogP contribution in [0.4, 0.5) is 4.79 Å². The summed E-state index contributed by atoms with van der Waals surface area (Å²) in [7, 11) is 0. The number of nitrogens with one attached hydrogen (secondary N) is 1. The molecule has 1 aliphatic carbocycles. The van der Waals surface area contributed by atoms with Crippen LogP contribution in [0.5, 0.6) is 0 Å². The highest BCUT2D eigenvalue weighted by atomic mass is 16.5. The van der Waals surface area contributed by atoms with Gasteiger partial charge in [-0.3, -0.25) is 4.79 Å². The van der Waals surface area contributed by atoms with Crippen LogP contribution in [0.1, 0.15) is 36.8 Å². The van der Waals surface area contributed by atoms with Gasteiger partial charge in [0, 0.05) is 38.0 Å². The first kappa shape index (κ1) is 23.4. The summed E-state index contributed by atoms with van der Waals surface area (Å²) in [5, 5.41) is 12.4. The number of amides is 2. The molecule has 8 nitrogen and oxygen atoms in total. The number of likely N-dealkylation sites (tertiary alicyclic amines) is 1. The van der Waals surface area contributed by atoms with Gasteiger partial charge >= 0.3 is 12.1 Å². The maximum atomic E-state index is 12.8. The van der Waals surface area contributed by atoms with E-state index >= 15 is 0 Å². The third-order valence-electron chi connectivity index (χ3n) is 7.53. The molecule has 3 unspecified atom stereocenters. The molecule has 0 spiro atoms. The molecule has 2 amide bonds. The highest BCUT2D eigenvalue weighted by Gasteiger charge is 2.57. The summed E-state index contributed by atoms with van der Waals surface area (Å²) in [4.78, 5) is 38.5. The Morgan fingerprint density at radius 2 is 1.80 bits per heavy atom. The van der Waals surface area contributed by atoms with Gasteiger partial charge in [-0.05, 0) is 34.6 Å². The molecule has 5 rings (SSSR count). The zero-order chi connectivity index (χ0) is 24.6. The van der Waals surface area contributed by atoms with Crippen LogP contribution in [0.25, 0.3) is 11.1 Å². The molecule has 3 aliphatic rings. The van der Waals surface area contributed by atoms with Crippen molar-refractivity contribution in [2.45, 2.75) is 31.3 Å². The SMILES string of the molecule is CC(CNC(=O)OCC1c2ccccc2-c2ccccc21)CC(=O)N1CC2CCOC2(C(=O)O)C1. The fourth-order valence-corrected chi connectivity index (χ4v) is 5.66. The third kappa shape index (κ3) is 4.27. The molecular formula is C27H30N2O6. The van der Waals surface area contributed by atoms with Gasteiger partial charge < -0.3 is 24.8 Å². The minimum absolute atomic E-state index is 0.00876. The van der Waals surface area contributed by atoms with Crippen LogP contribution in [0.2, 0.25) is 0 Å². The number of hydrogen-bond donors (Lipinski definition) is 2. The van der Waals surface area contributed by atoms with E-state index in [0.717, 1.165) is 11.1 Å². The van der Waals surface area contributed by atoms with Crippen LogP contribution in [0.15, 0.2) is 48.5 Å². The molecule has 2 aromatic rings. The maximum absolute atomic E-state index is 12.8. The van der Waals surface area contributed by atoms with Gasteiger partial charge in [0.1, 0.15) is 6.61 Å². The molecular weight excluding hydrogens is 448 g/mol. The number of carbonyl (C=O) groups excluding carboxylic acids is 2. The molecule has 2 fully saturated rings. The lowest BCUT2D eigenvalue weighted by Crippen LogP contribution is -2.46. The van der Waals surface area contributed by atoms with Crippen molar-refractivity contribution in [1.82, 2.24) is 10.2 Å². The molecule has 0 saturated carbocycles. The van der Waals surface area contributed by atoms with Gasteiger partial charge in [0.05, 0.1) is 6.54 Å². The predicted octanol–water partition coefficient (Wildman–Crippen LogP) is 3.25. The molecule has 35 heavy (non-hydrogen) atoms. The summed E-state index contributed by atoms with van der Waals surface area (Å²) in [6, 6.07) is 16.3. The van der Waals surface area contributed by atoms with Gasteiger partial charge in [-0.15, -0.1) is 0 Å². The first-order valence-electron chi connectivity index (χ1n) is 12.1. The van der Waals surface area contributed by atoms with Crippen LogP contribution in [-0.4, -0.2) is 66.4 Å². The van der Waals surface area contributed by atoms with Gasteiger partial charge in [-0.25, -0.2) is 9.59 Å². The first-order chi connectivity index (χ1) is 16.9. The number of fused-ring (bicyclic) bond motifs is 4. The summed E-state index contributed by atoms with van der Waals surface area (Å²) in [6.45, 7) is 3.30. The molecule has 2 heterocycles. The molecule has 2 aliphatic heterocycles. The fourth-order valence-electron chi connectivity index (χ4n) is 5.66. The molecule has 2 saturated heterocycles. The molecule has 3 atom stereocenters. The zero-order valence-corrected chi connectivity index (χ0v) is 19.7. The number of carboxylic acids is 1. The Bertz CT molecular complexity index is 1100. The number of alkyl carbamates (subject to hydrolysis) is 1. The van der Waals surface area contributed by atoms with Gasteiger partial charge in [-0.2, -0.15) is 0 Å². The largest absolute Gasteiger partial charge is 0.479 e. The van der Waals surface area contributed by atoms with Crippen molar-refractivity contribution < 1.29 is 29.0 Å². The van der Waals surface area contributed by atoms with Crippen LogP contribution in [0, 0.1) is 11.8 Å². The first-order valence-corrected chi connectivity index (χ1v) is 12.1. The number of rotatable bonds is 7. The van der Waals surface area contributed by atoms with Crippen molar-refractivity contribution in [2.24, 2.45) is 11.8 Å². The van der Waals surface area contributed by atoms with Gasteiger partial charge in [0.25, 0.3) is 0 Å². The molecule has 2 N–H and O–H groups in total. The molecule has 8 heteroatoms. The lowest BCUT2D eigenvalue weighted by Gasteiger charge is -2.23. The number of carboxylic acid groups (broad SMARTS) is 1. The van der Waals surface area contributed by atoms with Crippen molar-refractivity contribution in [3.8, 4) is 11.1 Å². The Morgan fingerprint density at radius 1 is 1.14 bits per heavy atom. The van der Waals surface area contributed by atoms with Crippen molar-refractivity contribution in [1.29, 1.82) is 0 Å². The summed E-state index contributed by atoms with van der Waals surface area (Å²) in [5.74, 6) is -1.42. The normalized spacial score (nSPS) is 23.3. The highest BCUT2D eigenvalue weighted by molar-refractivity contribution is 5.83. The second kappa shape index (κ2) is 9.34. The Hall–Kier alpha value is -3.39. The number of benzene rings is 2. The molecule has 2 aromatic carbocycles. The molecule has 184 valence electrons. The summed E-state index contributed by atoms with van der Waals surface area (Å²) >= 11 is 0. The molecule has 0 bridgehead atoms. The highest BCUT2D eigenvalue weighted by Crippen LogP contribution is 2.44. The van der Waals surface area contributed by atoms with Crippen molar-refractivity contribution in [2.75, 3.05) is 32.8 Å². The van der Waals surface area contributed by atoms with E-state index in [1.54, 1.807) is 4.90 Å². The van der Waals surface area contributed by atoms with Gasteiger partial charge in [-0.1, -0.05) is 55.5 Å². The van der Waals surface area contributed by atoms with E-state index < -0.39 is 17.7 Å². The topological polar surface area (TPSA) is 105 Å². The van der Waals surface area contributed by atoms with Crippen LogP contribution >= 0.6 is 0 Å². The van der Waals surface area contributed by atoms with E-state index in [9.17, 15) is 19.5 Å². The van der Waals surface area contributed by atoms with Crippen LogP contribution < -0.4 is 5.32 Å². The van der Waals surface area contributed by atoms with Crippen molar-refractivity contribution >= 4 is 18.0 Å². The number of aliphatic carboxylic acids is 1. The summed E-state index contributed by atoms with van der Waals surface area (Å²) in [5.41, 5.74) is 3.38. The third-order valence-corrected chi connectivity index (χ3v) is 7.53. The number of nitrogens with zero attached hydrogens (tertiary/aromatic N) is 1. The van der Waals surface area contributed by atoms with E-state index in [-0.39, 0.29) is 43.2 Å². The minimum Gasteiger partial charge on any atom is -0.479 e. The summed E-state index contributed by atoms with van der Waals surface area (Å²) < 4.78 is 11.1. The number of ether oxygens (including phenoxy) is 2. The summed E-state index contributed by atoms with van der Waals surface area (Å²) in [6.07, 6.45) is 0.348. The van der Waals surface area contributed by atoms with Crippen molar-refractivity contribution in [3.05, 3.63) is 59.7 Å². The van der Waals surface area contributed by atoms with E-state index in [1.807, 2.05) is 31.2 Å². The smallest absolute Gasteiger partial charge is 0.407 e. The Morgan fingerprint density at radius 3 is 2.43 bits per heavy atom. The minimum atomic E-state index is -1.27. The quantitative estimate of drug-likeness (QED) is 0.633. The second-order valence-electron chi connectivity index (χ2n) is 9.82. The maximum Gasteiger partial charge on any atom is 0.407 e. The van der Waals surface area contributed by atoms with Crippen LogP contribution in [0.3, 0.4) is 0 Å². The van der Waals surface area contributed by atoms with Crippen LogP contribution in [-0.2, 0) is 19.1 Å². The molecule has 0 radical (unpaired) electrons. The Kier molecular flexibility index (Phi) is 6.23. The van der Waals surface area contributed by atoms with E-state index in [4.69, 9.17) is 9.47 Å². The Balaban J connectivity index is 1.10. The van der Waals surface area contributed by atoms with Gasteiger partial charge in [0.2, 0.25) is 5.91 Å².